The number of fused-ring (bicyclic) bond motifs is 1. The third-order valence-electron chi connectivity index (χ3n) is 4.85. The Hall–Kier alpha value is -3.71. The SMILES string of the molecule is C[Si](C)(C)C#Cc1cc(Oc2ncnc3ccc(O[C@H]4CCN(C(=O)O)C4)nc23)ccc1F. The highest BCUT2D eigenvalue weighted by Gasteiger charge is 2.27. The molecule has 1 atom stereocenters. The number of pyridine rings is 1. The Morgan fingerprint density at radius 1 is 1.24 bits per heavy atom. The van der Waals surface area contributed by atoms with Crippen LogP contribution in [0.1, 0.15) is 12.0 Å². The van der Waals surface area contributed by atoms with Gasteiger partial charge in [0.2, 0.25) is 11.8 Å². The maximum atomic E-state index is 14.2. The molecule has 0 spiro atoms. The average Bonchev–Trinajstić information content (AvgIpc) is 3.23. The van der Waals surface area contributed by atoms with Crippen LogP contribution in [0.3, 0.4) is 0 Å². The van der Waals surface area contributed by atoms with Crippen LogP contribution in [0.2, 0.25) is 19.6 Å². The Morgan fingerprint density at radius 3 is 2.79 bits per heavy atom. The molecule has 0 radical (unpaired) electrons. The van der Waals surface area contributed by atoms with E-state index in [2.05, 4.69) is 46.1 Å². The second-order valence-corrected chi connectivity index (χ2v) is 13.4. The van der Waals surface area contributed by atoms with Crippen molar-refractivity contribution in [2.45, 2.75) is 32.2 Å². The van der Waals surface area contributed by atoms with E-state index >= 15 is 0 Å². The van der Waals surface area contributed by atoms with Gasteiger partial charge in [0, 0.05) is 19.0 Å². The zero-order chi connectivity index (χ0) is 23.6. The molecular formula is C23H23FN4O4Si. The average molecular weight is 467 g/mol. The van der Waals surface area contributed by atoms with Crippen molar-refractivity contribution in [2.24, 2.45) is 0 Å². The van der Waals surface area contributed by atoms with Crippen LogP contribution in [-0.2, 0) is 0 Å². The standard InChI is InChI=1S/C23H23FN4O4Si/c1-33(2,3)11-9-15-12-16(4-5-18(15)24)32-22-21-19(25-14-26-22)6-7-20(27-21)31-17-8-10-28(13-17)23(29)30/h4-7,12,14,17H,8,10,13H2,1-3H3,(H,29,30)/t17-/m0/s1. The van der Waals surface area contributed by atoms with Gasteiger partial charge < -0.3 is 19.5 Å². The minimum atomic E-state index is -1.67. The number of carboxylic acid groups (broad SMARTS) is 1. The van der Waals surface area contributed by atoms with Gasteiger partial charge in [0.1, 0.15) is 32.1 Å². The molecule has 170 valence electrons. The van der Waals surface area contributed by atoms with Crippen LogP contribution in [-0.4, -0.2) is 58.3 Å². The minimum absolute atomic E-state index is 0.194. The molecule has 0 aliphatic carbocycles. The highest BCUT2D eigenvalue weighted by molar-refractivity contribution is 6.83. The van der Waals surface area contributed by atoms with E-state index in [1.54, 1.807) is 12.1 Å². The lowest BCUT2D eigenvalue weighted by Gasteiger charge is -2.14. The first-order chi connectivity index (χ1) is 15.7. The van der Waals surface area contributed by atoms with E-state index in [0.29, 0.717) is 35.6 Å². The number of hydrogen-bond acceptors (Lipinski definition) is 6. The van der Waals surface area contributed by atoms with Crippen LogP contribution in [0, 0.1) is 17.3 Å². The summed E-state index contributed by atoms with van der Waals surface area (Å²) in [5.41, 5.74) is 4.33. The number of rotatable bonds is 4. The van der Waals surface area contributed by atoms with Crippen LogP contribution in [0.5, 0.6) is 17.5 Å². The molecule has 2 aromatic heterocycles. The van der Waals surface area contributed by atoms with E-state index in [1.165, 1.54) is 29.4 Å². The van der Waals surface area contributed by atoms with E-state index < -0.39 is 20.0 Å². The van der Waals surface area contributed by atoms with Crippen LogP contribution in [0.4, 0.5) is 9.18 Å². The van der Waals surface area contributed by atoms with Crippen molar-refractivity contribution in [3.63, 3.8) is 0 Å². The molecule has 1 amide bonds. The van der Waals surface area contributed by atoms with Crippen molar-refractivity contribution in [1.29, 1.82) is 0 Å². The first-order valence-electron chi connectivity index (χ1n) is 10.4. The van der Waals surface area contributed by atoms with Gasteiger partial charge in [-0.3, -0.25) is 0 Å². The maximum Gasteiger partial charge on any atom is 0.407 e. The van der Waals surface area contributed by atoms with Crippen LogP contribution >= 0.6 is 0 Å². The van der Waals surface area contributed by atoms with Gasteiger partial charge in [-0.25, -0.2) is 19.2 Å². The highest BCUT2D eigenvalue weighted by Crippen LogP contribution is 2.28. The number of hydrogen-bond donors (Lipinski definition) is 1. The largest absolute Gasteiger partial charge is 0.472 e. The van der Waals surface area contributed by atoms with Crippen LogP contribution in [0.15, 0.2) is 36.7 Å². The summed E-state index contributed by atoms with van der Waals surface area (Å²) in [6.45, 7) is 6.95. The van der Waals surface area contributed by atoms with Crippen molar-refractivity contribution < 1.29 is 23.8 Å². The fraction of sp³-hybridized carbons (Fsp3) is 0.304. The molecule has 0 saturated carbocycles. The molecule has 1 aliphatic rings. The van der Waals surface area contributed by atoms with Gasteiger partial charge in [-0.1, -0.05) is 25.6 Å². The number of nitrogens with zero attached hydrogens (tertiary/aromatic N) is 4. The Balaban J connectivity index is 1.59. The second-order valence-electron chi connectivity index (χ2n) is 8.70. The highest BCUT2D eigenvalue weighted by atomic mass is 28.3. The quantitative estimate of drug-likeness (QED) is 0.452. The normalized spacial score (nSPS) is 15.8. The number of likely N-dealkylation sites (tertiary alicyclic amines) is 1. The lowest BCUT2D eigenvalue weighted by Crippen LogP contribution is -2.29. The Kier molecular flexibility index (Phi) is 6.15. The van der Waals surface area contributed by atoms with Crippen molar-refractivity contribution in [3.05, 3.63) is 48.0 Å². The molecule has 1 aliphatic heterocycles. The van der Waals surface area contributed by atoms with E-state index in [-0.39, 0.29) is 24.1 Å². The second kappa shape index (κ2) is 9.03. The summed E-state index contributed by atoms with van der Waals surface area (Å²) < 4.78 is 26.0. The zero-order valence-corrected chi connectivity index (χ0v) is 19.5. The molecule has 8 nitrogen and oxygen atoms in total. The van der Waals surface area contributed by atoms with Gasteiger partial charge in [0.15, 0.2) is 5.52 Å². The predicted octanol–water partition coefficient (Wildman–Crippen LogP) is 4.32. The van der Waals surface area contributed by atoms with Crippen LogP contribution < -0.4 is 9.47 Å². The summed E-state index contributed by atoms with van der Waals surface area (Å²) in [5.74, 6) is 3.39. The monoisotopic (exact) mass is 466 g/mol. The third kappa shape index (κ3) is 5.56. The number of carbonyl (C=O) groups is 1. The molecular weight excluding hydrogens is 443 g/mol. The van der Waals surface area contributed by atoms with Crippen LogP contribution in [0.25, 0.3) is 11.0 Å². The summed E-state index contributed by atoms with van der Waals surface area (Å²) in [6, 6.07) is 7.75. The third-order valence-corrected chi connectivity index (χ3v) is 5.73. The van der Waals surface area contributed by atoms with Crippen molar-refractivity contribution in [1.82, 2.24) is 19.9 Å². The van der Waals surface area contributed by atoms with E-state index in [9.17, 15) is 9.18 Å². The molecule has 4 rings (SSSR count). The molecule has 1 fully saturated rings. The van der Waals surface area contributed by atoms with E-state index in [4.69, 9.17) is 14.6 Å². The Labute approximate surface area is 191 Å². The molecule has 3 heterocycles. The molecule has 1 aromatic carbocycles. The van der Waals surface area contributed by atoms with Gasteiger partial charge in [-0.05, 0) is 24.3 Å². The summed E-state index contributed by atoms with van der Waals surface area (Å²) >= 11 is 0. The summed E-state index contributed by atoms with van der Waals surface area (Å²) in [5, 5.41) is 9.12. The lowest BCUT2D eigenvalue weighted by atomic mass is 10.2. The predicted molar refractivity (Wildman–Crippen MR) is 123 cm³/mol. The van der Waals surface area contributed by atoms with Gasteiger partial charge in [-0.2, -0.15) is 4.98 Å². The first kappa shape index (κ1) is 22.5. The zero-order valence-electron chi connectivity index (χ0n) is 18.5. The number of ether oxygens (including phenoxy) is 2. The number of amides is 1. The van der Waals surface area contributed by atoms with Gasteiger partial charge in [-0.15, -0.1) is 5.54 Å². The molecule has 0 unspecified atom stereocenters. The number of halogens is 1. The van der Waals surface area contributed by atoms with E-state index in [1.807, 2.05) is 0 Å². The van der Waals surface area contributed by atoms with Crippen molar-refractivity contribution in [3.8, 4) is 29.0 Å². The first-order valence-corrected chi connectivity index (χ1v) is 13.9. The maximum absolute atomic E-state index is 14.2. The van der Waals surface area contributed by atoms with Crippen molar-refractivity contribution >= 4 is 25.2 Å². The molecule has 3 aromatic rings. The molecule has 1 saturated heterocycles. The smallest absolute Gasteiger partial charge is 0.407 e. The Morgan fingerprint density at radius 2 is 2.06 bits per heavy atom. The molecule has 1 N–H and O–H groups in total. The molecule has 10 heteroatoms. The fourth-order valence-electron chi connectivity index (χ4n) is 3.24. The van der Waals surface area contributed by atoms with E-state index in [0.717, 1.165) is 0 Å². The number of benzene rings is 1. The Bertz CT molecular complexity index is 1270. The van der Waals surface area contributed by atoms with Crippen molar-refractivity contribution in [2.75, 3.05) is 13.1 Å². The fourth-order valence-corrected chi connectivity index (χ4v) is 3.75. The van der Waals surface area contributed by atoms with Gasteiger partial charge in [0.25, 0.3) is 0 Å². The summed E-state index contributed by atoms with van der Waals surface area (Å²) in [7, 11) is -1.67. The minimum Gasteiger partial charge on any atom is -0.472 e. The number of aromatic nitrogens is 3. The van der Waals surface area contributed by atoms with Gasteiger partial charge >= 0.3 is 6.09 Å². The van der Waals surface area contributed by atoms with Gasteiger partial charge in [0.05, 0.1) is 17.6 Å². The molecule has 0 bridgehead atoms. The lowest BCUT2D eigenvalue weighted by molar-refractivity contribution is 0.144. The summed E-state index contributed by atoms with van der Waals surface area (Å²) in [4.78, 5) is 25.3. The summed E-state index contributed by atoms with van der Waals surface area (Å²) in [6.07, 6.45) is 0.684. The topological polar surface area (TPSA) is 97.7 Å². The molecule has 33 heavy (non-hydrogen) atoms.